The molecule has 0 fully saturated rings. The van der Waals surface area contributed by atoms with Crippen LogP contribution in [-0.4, -0.2) is 0 Å². The Balaban J connectivity index is -0.00000000502. The van der Waals surface area contributed by atoms with Gasteiger partial charge in [-0.15, -0.1) is 0 Å². The van der Waals surface area contributed by atoms with Crippen LogP contribution in [0.25, 0.3) is 0 Å². The fourth-order valence-electron chi connectivity index (χ4n) is 0. The summed E-state index contributed by atoms with van der Waals surface area (Å²) in [5.41, 5.74) is 0. The standard InChI is InChI=1S/12H3N.4H3O4P.3Pt/c;;;;;;;;;;;;4*1-5(2,3)4;;;/h12*1H3;4*(H3,1,2,3,4);;;/q;;;;;;;;;;;;;;;;3*+4/p-12. The molecule has 0 aromatic carbocycles. The van der Waals surface area contributed by atoms with Crippen molar-refractivity contribution in [3.05, 3.63) is 0 Å². The number of hydrogen-bond acceptors (Lipinski definition) is 28. The van der Waals surface area contributed by atoms with Gasteiger partial charge < -0.3 is 151 Å². The Bertz CT molecular complexity index is 324. The van der Waals surface area contributed by atoms with E-state index in [-0.39, 0.29) is 137 Å². The Kier molecular flexibility index (Phi) is 276. The molecule has 0 saturated heterocycles. The van der Waals surface area contributed by atoms with Crippen LogP contribution in [-0.2, 0) is 81.5 Å². The third-order valence-electron chi connectivity index (χ3n) is 0. The van der Waals surface area contributed by atoms with Gasteiger partial charge in [-0.3, -0.25) is 0 Å². The minimum absolute atomic E-state index is 0. The summed E-state index contributed by atoms with van der Waals surface area (Å²) in [6.45, 7) is 0. The summed E-state index contributed by atoms with van der Waals surface area (Å²) in [5.74, 6) is 0. The quantitative estimate of drug-likeness (QED) is 0.100. The number of rotatable bonds is 0. The molecule has 0 aliphatic heterocycles. The van der Waals surface area contributed by atoms with E-state index >= 15 is 0 Å². The topological polar surface area (TPSA) is 765 Å². The summed E-state index contributed by atoms with van der Waals surface area (Å²) in [7, 11) is -21.6. The molecule has 0 amide bonds. The normalized spacial score (nSPS) is 6.74. The van der Waals surface area contributed by atoms with Crippen LogP contribution in [0.4, 0.5) is 0 Å². The monoisotopic (exact) mass is 1170 g/mol. The van der Waals surface area contributed by atoms with E-state index in [0.717, 1.165) is 0 Å². The van der Waals surface area contributed by atoms with Gasteiger partial charge in [0.05, 0.1) is 0 Å². The molecule has 0 unspecified atom stereocenters. The SMILES string of the molecule is N.N.N.N.N.N.N.N.N.N.N.N.O=P([O-])([O-])[O-].O=P([O-])([O-])[O-].O=P([O-])([O-])[O-].O=P([O-])([O-])[O-].[Pt+4].[Pt+4].[Pt+4]. The van der Waals surface area contributed by atoms with Crippen molar-refractivity contribution in [2.45, 2.75) is 0 Å². The van der Waals surface area contributed by atoms with Gasteiger partial charge in [-0.05, 0) is 0 Å². The van der Waals surface area contributed by atoms with E-state index in [1.165, 1.54) is 0 Å². The maximum atomic E-state index is 8.55. The predicted molar refractivity (Wildman–Crippen MR) is 90.7 cm³/mol. The molecule has 0 rings (SSSR count). The molecule has 28 nitrogen and oxygen atoms in total. The summed E-state index contributed by atoms with van der Waals surface area (Å²) in [6, 6.07) is 0. The van der Waals surface area contributed by atoms with E-state index < -0.39 is 31.3 Å². The van der Waals surface area contributed by atoms with Gasteiger partial charge in [-0.25, -0.2) is 0 Å². The third-order valence-corrected chi connectivity index (χ3v) is 0. The second-order valence-corrected chi connectivity index (χ2v) is 5.37. The molecule has 0 spiro atoms. The van der Waals surface area contributed by atoms with E-state index in [9.17, 15) is 0 Å². The van der Waals surface area contributed by atoms with E-state index in [1.54, 1.807) is 0 Å². The van der Waals surface area contributed by atoms with Crippen LogP contribution in [0, 0.1) is 0 Å². The van der Waals surface area contributed by atoms with Crippen LogP contribution >= 0.6 is 31.3 Å². The van der Waals surface area contributed by atoms with Gasteiger partial charge in [0.25, 0.3) is 0 Å². The molecule has 36 N–H and O–H groups in total. The Hall–Kier alpha value is 2.02. The number of phosphoric acid groups is 4. The van der Waals surface area contributed by atoms with E-state index in [4.69, 9.17) is 77.0 Å². The van der Waals surface area contributed by atoms with Crippen molar-refractivity contribution < 1.29 is 140 Å². The fourth-order valence-corrected chi connectivity index (χ4v) is 0. The predicted octanol–water partition coefficient (Wildman–Crippen LogP) is -9.36. The molecule has 0 bridgehead atoms. The van der Waals surface area contributed by atoms with Crippen LogP contribution in [0.3, 0.4) is 0 Å². The first-order valence-electron chi connectivity index (χ1n) is 2.92. The zero-order valence-corrected chi connectivity index (χ0v) is 28.1. The second-order valence-electron chi connectivity index (χ2n) is 1.79. The minimum atomic E-state index is -5.39. The number of hydrogen-bond donors (Lipinski definition) is 12. The molecule has 35 heteroatoms. The van der Waals surface area contributed by atoms with Crippen LogP contribution in [0.2, 0.25) is 0 Å². The molecule has 0 aliphatic rings. The van der Waals surface area contributed by atoms with Crippen molar-refractivity contribution in [1.29, 1.82) is 0 Å². The van der Waals surface area contributed by atoms with Gasteiger partial charge in [-0.1, -0.05) is 0 Å². The average molecular weight is 1170 g/mol. The molecule has 0 atom stereocenters. The van der Waals surface area contributed by atoms with Gasteiger partial charge in [-0.2, -0.15) is 31.3 Å². The molecule has 0 aromatic rings. The van der Waals surface area contributed by atoms with E-state index in [0.29, 0.717) is 0 Å². The first-order chi connectivity index (χ1) is 8.00. The Labute approximate surface area is 244 Å². The molecule has 0 radical (unpaired) electrons. The molecule has 35 heavy (non-hydrogen) atoms. The van der Waals surface area contributed by atoms with Gasteiger partial charge in [0.1, 0.15) is 0 Å². The summed E-state index contributed by atoms with van der Waals surface area (Å²) in [6.07, 6.45) is 0. The molecular formula is H36N12O16P4Pt3. The van der Waals surface area contributed by atoms with Crippen molar-refractivity contribution in [2.75, 3.05) is 0 Å². The zero-order chi connectivity index (χ0) is 18.0. The third kappa shape index (κ3) is 10200. The van der Waals surface area contributed by atoms with Gasteiger partial charge >= 0.3 is 63.2 Å². The summed E-state index contributed by atoms with van der Waals surface area (Å²) in [4.78, 5) is 103. The molecule has 242 valence electrons. The van der Waals surface area contributed by atoms with Crippen LogP contribution in [0.1, 0.15) is 0 Å². The molecule has 0 heterocycles. The van der Waals surface area contributed by atoms with Crippen molar-refractivity contribution in [3.63, 3.8) is 0 Å². The van der Waals surface area contributed by atoms with Crippen molar-refractivity contribution >= 4 is 31.3 Å². The van der Waals surface area contributed by atoms with Gasteiger partial charge in [0.15, 0.2) is 0 Å². The van der Waals surface area contributed by atoms with Crippen LogP contribution < -0.4 is 133 Å². The van der Waals surface area contributed by atoms with E-state index in [2.05, 4.69) is 0 Å². The van der Waals surface area contributed by atoms with Crippen LogP contribution in [0.15, 0.2) is 0 Å². The fraction of sp³-hybridized carbons (Fsp3) is 0. The van der Waals surface area contributed by atoms with Gasteiger partial charge in [0, 0.05) is 0 Å². The smallest absolute Gasteiger partial charge is 0.822 e. The van der Waals surface area contributed by atoms with Crippen molar-refractivity contribution in [2.24, 2.45) is 0 Å². The zero-order valence-electron chi connectivity index (χ0n) is 17.8. The van der Waals surface area contributed by atoms with E-state index in [1.807, 2.05) is 0 Å². The largest absolute Gasteiger partial charge is 4.00 e. The summed E-state index contributed by atoms with van der Waals surface area (Å²) >= 11 is 0. The second kappa shape index (κ2) is 65.2. The first kappa shape index (κ1) is 148. The van der Waals surface area contributed by atoms with Crippen molar-refractivity contribution in [1.82, 2.24) is 73.8 Å². The molecule has 0 aromatic heterocycles. The summed E-state index contributed by atoms with van der Waals surface area (Å²) < 4.78 is 34.2. The first-order valence-corrected chi connectivity index (χ1v) is 8.76. The van der Waals surface area contributed by atoms with Crippen LogP contribution in [0.5, 0.6) is 0 Å². The van der Waals surface area contributed by atoms with Crippen molar-refractivity contribution in [3.8, 4) is 0 Å². The minimum Gasteiger partial charge on any atom is -0.822 e. The average Bonchev–Trinajstić information content (AvgIpc) is 1.62. The summed E-state index contributed by atoms with van der Waals surface area (Å²) in [5, 5.41) is 0. The Morgan fingerprint density at radius 3 is 0.229 bits per heavy atom. The Morgan fingerprint density at radius 2 is 0.229 bits per heavy atom. The molecule has 0 saturated carbocycles. The maximum absolute atomic E-state index is 8.55. The molecule has 0 aliphatic carbocycles. The Morgan fingerprint density at radius 1 is 0.229 bits per heavy atom. The maximum Gasteiger partial charge on any atom is 4.00 e. The van der Waals surface area contributed by atoms with Gasteiger partial charge in [0.2, 0.25) is 0 Å². The molecular weight excluding hydrogens is 1130 g/mol.